The molecule has 2 aliphatic heterocycles. The lowest BCUT2D eigenvalue weighted by Gasteiger charge is -2.49. The number of imide groups is 4. The van der Waals surface area contributed by atoms with Gasteiger partial charge in [-0.05, 0) is 50.8 Å². The first-order valence-electron chi connectivity index (χ1n) is 13.7. The van der Waals surface area contributed by atoms with Crippen molar-refractivity contribution in [3.8, 4) is 11.5 Å². The number of hydrogen-bond acceptors (Lipinski definition) is 8. The third-order valence-corrected chi connectivity index (χ3v) is 9.29. The fourth-order valence-corrected chi connectivity index (χ4v) is 7.50. The maximum absolute atomic E-state index is 14.4. The van der Waals surface area contributed by atoms with Crippen LogP contribution in [0.5, 0.6) is 11.5 Å². The zero-order chi connectivity index (χ0) is 29.2. The lowest BCUT2D eigenvalue weighted by Crippen LogP contribution is -2.49. The average molecular weight is 559 g/mol. The summed E-state index contributed by atoms with van der Waals surface area (Å²) in [5.41, 5.74) is 0.217. The van der Waals surface area contributed by atoms with Crippen LogP contribution in [-0.2, 0) is 23.9 Å². The van der Waals surface area contributed by atoms with E-state index < -0.39 is 64.7 Å². The van der Waals surface area contributed by atoms with Crippen LogP contribution in [0.3, 0.4) is 0 Å². The largest absolute Gasteiger partial charge is 0.504 e. The van der Waals surface area contributed by atoms with Crippen molar-refractivity contribution < 1.29 is 38.6 Å². The molecule has 3 fully saturated rings. The summed E-state index contributed by atoms with van der Waals surface area (Å²) in [7, 11) is 1.10. The Morgan fingerprint density at radius 2 is 1.73 bits per heavy atom. The SMILES string of the molecule is CCOc1cccc([C@H]2C3=CC[C@@H]4C(=O)N(C(=O)OC)C(=O)[C@@H]4[C@@H]3C[C@H]3C(=O)N(c4ccccc4)C(=O)[C@@]23C)c1O. The number of benzene rings is 2. The first-order chi connectivity index (χ1) is 19.7. The molecule has 0 aromatic heterocycles. The number of methoxy groups -OCH3 is 1. The molecule has 2 saturated heterocycles. The van der Waals surface area contributed by atoms with Gasteiger partial charge in [0.05, 0.1) is 42.6 Å². The number of amides is 5. The van der Waals surface area contributed by atoms with Crippen molar-refractivity contribution in [3.05, 3.63) is 65.7 Å². The van der Waals surface area contributed by atoms with E-state index in [4.69, 9.17) is 9.47 Å². The van der Waals surface area contributed by atoms with Crippen molar-refractivity contribution in [2.45, 2.75) is 32.6 Å². The molecule has 0 spiro atoms. The Morgan fingerprint density at radius 3 is 2.41 bits per heavy atom. The van der Waals surface area contributed by atoms with Crippen molar-refractivity contribution in [1.29, 1.82) is 0 Å². The number of nitrogens with zero attached hydrogens (tertiary/aromatic N) is 2. The summed E-state index contributed by atoms with van der Waals surface area (Å²) in [6.07, 6.45) is 1.10. The monoisotopic (exact) mass is 558 g/mol. The number of carbonyl (C=O) groups is 5. The molecule has 10 nitrogen and oxygen atoms in total. The van der Waals surface area contributed by atoms with Gasteiger partial charge in [0.25, 0.3) is 0 Å². The number of anilines is 1. The van der Waals surface area contributed by atoms with Crippen molar-refractivity contribution in [1.82, 2.24) is 4.90 Å². The van der Waals surface area contributed by atoms with Gasteiger partial charge in [0.1, 0.15) is 0 Å². The summed E-state index contributed by atoms with van der Waals surface area (Å²) < 4.78 is 10.4. The molecule has 4 aliphatic rings. The number of allylic oxidation sites excluding steroid dienone is 2. The molecule has 10 heteroatoms. The molecule has 6 rings (SSSR count). The normalized spacial score (nSPS) is 30.5. The van der Waals surface area contributed by atoms with Crippen LogP contribution in [0.4, 0.5) is 10.5 Å². The number of phenolic OH excluding ortho intramolecular Hbond substituents is 1. The molecule has 1 N–H and O–H groups in total. The Morgan fingerprint density at radius 1 is 1.00 bits per heavy atom. The second kappa shape index (κ2) is 9.57. The number of phenols is 1. The van der Waals surface area contributed by atoms with Crippen molar-refractivity contribution in [2.24, 2.45) is 29.1 Å². The van der Waals surface area contributed by atoms with E-state index in [1.165, 1.54) is 4.90 Å². The number of carbonyl (C=O) groups excluding carboxylic acids is 5. The van der Waals surface area contributed by atoms with Crippen LogP contribution in [0.1, 0.15) is 38.2 Å². The van der Waals surface area contributed by atoms with Crippen LogP contribution in [0.25, 0.3) is 0 Å². The maximum atomic E-state index is 14.4. The smallest absolute Gasteiger partial charge is 0.423 e. The molecule has 2 aliphatic carbocycles. The van der Waals surface area contributed by atoms with Gasteiger partial charge < -0.3 is 14.6 Å². The highest BCUT2D eigenvalue weighted by Crippen LogP contribution is 2.64. The quantitative estimate of drug-likeness (QED) is 0.443. The van der Waals surface area contributed by atoms with E-state index in [9.17, 15) is 29.1 Å². The summed E-state index contributed by atoms with van der Waals surface area (Å²) in [5.74, 6) is -5.99. The lowest BCUT2D eigenvalue weighted by molar-refractivity contribution is -0.138. The topological polar surface area (TPSA) is 131 Å². The van der Waals surface area contributed by atoms with E-state index >= 15 is 0 Å². The Hall–Kier alpha value is -4.47. The number of hydrogen-bond donors (Lipinski definition) is 1. The predicted octanol–water partition coefficient (Wildman–Crippen LogP) is 3.79. The van der Waals surface area contributed by atoms with Crippen molar-refractivity contribution in [3.63, 3.8) is 0 Å². The standard InChI is InChI=1S/C31H30N2O8/c1-4-41-22-12-8-11-19(25(22)34)24-17-13-14-18-23(28(37)33(26(18)35)30(39)40-3)20(17)15-21-27(36)32(29(38)31(21,24)2)16-9-6-5-7-10-16/h5-13,18,20-21,23-24,34H,4,14-15H2,1-3H3/t18-,20+,21-,23-,24+,31+/m0/s1. The zero-order valence-electron chi connectivity index (χ0n) is 22.9. The Bertz CT molecular complexity index is 1520. The summed E-state index contributed by atoms with van der Waals surface area (Å²) in [4.78, 5) is 69.4. The number of rotatable bonds is 4. The molecule has 1 saturated carbocycles. The molecule has 6 atom stereocenters. The minimum Gasteiger partial charge on any atom is -0.504 e. The van der Waals surface area contributed by atoms with Crippen molar-refractivity contribution >= 4 is 35.4 Å². The molecular weight excluding hydrogens is 528 g/mol. The van der Waals surface area contributed by atoms with E-state index in [1.54, 1.807) is 62.4 Å². The fourth-order valence-electron chi connectivity index (χ4n) is 7.50. The minimum atomic E-state index is -1.31. The van der Waals surface area contributed by atoms with Crippen LogP contribution >= 0.6 is 0 Å². The number of fused-ring (bicyclic) bond motifs is 4. The summed E-state index contributed by atoms with van der Waals surface area (Å²) in [6, 6.07) is 13.7. The van der Waals surface area contributed by atoms with Gasteiger partial charge in [-0.15, -0.1) is 0 Å². The second-order valence-corrected chi connectivity index (χ2v) is 11.1. The molecule has 2 aromatic carbocycles. The van der Waals surface area contributed by atoms with E-state index in [0.717, 1.165) is 7.11 Å². The van der Waals surface area contributed by atoms with Crippen LogP contribution in [0.2, 0.25) is 0 Å². The summed E-state index contributed by atoms with van der Waals surface area (Å²) in [6.45, 7) is 3.83. The maximum Gasteiger partial charge on any atom is 0.423 e. The Kier molecular flexibility index (Phi) is 6.24. The molecular formula is C31H30N2O8. The van der Waals surface area contributed by atoms with Gasteiger partial charge in [-0.3, -0.25) is 19.2 Å². The summed E-state index contributed by atoms with van der Waals surface area (Å²) in [5, 5.41) is 11.4. The molecule has 2 heterocycles. The van der Waals surface area contributed by atoms with Crippen LogP contribution in [0, 0.1) is 29.1 Å². The highest BCUT2D eigenvalue weighted by Gasteiger charge is 2.68. The van der Waals surface area contributed by atoms with Gasteiger partial charge in [-0.25, -0.2) is 9.69 Å². The van der Waals surface area contributed by atoms with Gasteiger partial charge >= 0.3 is 6.09 Å². The third-order valence-electron chi connectivity index (χ3n) is 9.29. The van der Waals surface area contributed by atoms with Gasteiger partial charge in [0.15, 0.2) is 11.5 Å². The van der Waals surface area contributed by atoms with Crippen LogP contribution in [-0.4, -0.2) is 53.4 Å². The van der Waals surface area contributed by atoms with Crippen LogP contribution < -0.4 is 9.64 Å². The highest BCUT2D eigenvalue weighted by atomic mass is 16.5. The summed E-state index contributed by atoms with van der Waals surface area (Å²) >= 11 is 0. The fraction of sp³-hybridized carbons (Fsp3) is 0.387. The molecule has 2 aromatic rings. The molecule has 0 radical (unpaired) electrons. The van der Waals surface area contributed by atoms with Crippen molar-refractivity contribution in [2.75, 3.05) is 18.6 Å². The first-order valence-corrected chi connectivity index (χ1v) is 13.7. The minimum absolute atomic E-state index is 0.133. The van der Waals surface area contributed by atoms with Gasteiger partial charge in [-0.2, -0.15) is 4.90 Å². The van der Waals surface area contributed by atoms with E-state index in [-0.39, 0.29) is 24.3 Å². The molecule has 0 bridgehead atoms. The molecule has 212 valence electrons. The highest BCUT2D eigenvalue weighted by molar-refractivity contribution is 6.24. The molecule has 0 unspecified atom stereocenters. The average Bonchev–Trinajstić information content (AvgIpc) is 3.34. The predicted molar refractivity (Wildman–Crippen MR) is 145 cm³/mol. The number of likely N-dealkylation sites (tertiary alicyclic amines) is 1. The third kappa shape index (κ3) is 3.59. The Labute approximate surface area is 236 Å². The van der Waals surface area contributed by atoms with Gasteiger partial charge in [0.2, 0.25) is 23.6 Å². The lowest BCUT2D eigenvalue weighted by atomic mass is 9.51. The second-order valence-electron chi connectivity index (χ2n) is 11.1. The van der Waals surface area contributed by atoms with Gasteiger partial charge in [0, 0.05) is 11.5 Å². The Balaban J connectivity index is 1.54. The molecule has 5 amide bonds. The van der Waals surface area contributed by atoms with Crippen LogP contribution in [0.15, 0.2) is 60.2 Å². The molecule has 41 heavy (non-hydrogen) atoms. The number of aromatic hydroxyl groups is 1. The van der Waals surface area contributed by atoms with E-state index in [0.29, 0.717) is 28.3 Å². The van der Waals surface area contributed by atoms with Gasteiger partial charge in [-0.1, -0.05) is 42.0 Å². The number of para-hydroxylation sites is 2. The zero-order valence-corrected chi connectivity index (χ0v) is 22.9. The van der Waals surface area contributed by atoms with E-state index in [2.05, 4.69) is 0 Å². The first kappa shape index (κ1) is 26.7. The number of ether oxygens (including phenoxy) is 2. The van der Waals surface area contributed by atoms with E-state index in [1.807, 2.05) is 6.08 Å².